The van der Waals surface area contributed by atoms with E-state index in [9.17, 15) is 9.59 Å². The quantitative estimate of drug-likeness (QED) is 0.729. The van der Waals surface area contributed by atoms with Crippen molar-refractivity contribution < 1.29 is 14.3 Å². The van der Waals surface area contributed by atoms with E-state index in [1.165, 1.54) is 31.8 Å². The highest BCUT2D eigenvalue weighted by Gasteiger charge is 2.31. The first kappa shape index (κ1) is 20.2. The maximum atomic E-state index is 12.3. The molecule has 3 fully saturated rings. The summed E-state index contributed by atoms with van der Waals surface area (Å²) in [5, 5.41) is 2.87. The summed E-state index contributed by atoms with van der Waals surface area (Å²) in [4.78, 5) is 37.2. The van der Waals surface area contributed by atoms with E-state index in [-0.39, 0.29) is 24.5 Å². The first-order valence-electron chi connectivity index (χ1n) is 10.8. The Hall–Kier alpha value is -2.06. The molecular weight excluding hydrogens is 370 g/mol. The third-order valence-corrected chi connectivity index (χ3v) is 6.15. The number of nitrogens with one attached hydrogen (secondary N) is 1. The smallest absolute Gasteiger partial charge is 0.254 e. The van der Waals surface area contributed by atoms with Gasteiger partial charge >= 0.3 is 0 Å². The summed E-state index contributed by atoms with van der Waals surface area (Å²) in [6.07, 6.45) is 7.97. The Morgan fingerprint density at radius 2 is 1.83 bits per heavy atom. The molecule has 29 heavy (non-hydrogen) atoms. The normalized spacial score (nSPS) is 24.0. The van der Waals surface area contributed by atoms with Crippen LogP contribution in [0.2, 0.25) is 0 Å². The van der Waals surface area contributed by atoms with Gasteiger partial charge in [0.05, 0.1) is 11.7 Å². The van der Waals surface area contributed by atoms with Crippen LogP contribution in [-0.2, 0) is 9.53 Å². The molecule has 1 aromatic heterocycles. The molecule has 2 amide bonds. The van der Waals surface area contributed by atoms with Gasteiger partial charge in [-0.05, 0) is 57.5 Å². The van der Waals surface area contributed by atoms with Crippen molar-refractivity contribution in [3.05, 3.63) is 23.8 Å². The number of rotatable bonds is 7. The van der Waals surface area contributed by atoms with Gasteiger partial charge in [0, 0.05) is 38.6 Å². The third-order valence-electron chi connectivity index (χ3n) is 6.15. The van der Waals surface area contributed by atoms with Crippen LogP contribution in [0.15, 0.2) is 12.4 Å². The van der Waals surface area contributed by atoms with Crippen LogP contribution in [0.3, 0.4) is 0 Å². The zero-order valence-electron chi connectivity index (χ0n) is 17.2. The highest BCUT2D eigenvalue weighted by Crippen LogP contribution is 2.31. The lowest BCUT2D eigenvalue weighted by molar-refractivity contribution is -0.149. The zero-order chi connectivity index (χ0) is 20.2. The topological polar surface area (TPSA) is 87.7 Å². The minimum absolute atomic E-state index is 0.0555. The van der Waals surface area contributed by atoms with E-state index in [4.69, 9.17) is 4.74 Å². The highest BCUT2D eigenvalue weighted by molar-refractivity contribution is 5.93. The van der Waals surface area contributed by atoms with Gasteiger partial charge in [-0.1, -0.05) is 0 Å². The van der Waals surface area contributed by atoms with E-state index in [0.717, 1.165) is 38.4 Å². The second-order valence-corrected chi connectivity index (χ2v) is 8.65. The summed E-state index contributed by atoms with van der Waals surface area (Å²) in [7, 11) is 0. The molecule has 1 saturated carbocycles. The largest absolute Gasteiger partial charge is 0.365 e. The molecule has 4 rings (SSSR count). The van der Waals surface area contributed by atoms with Gasteiger partial charge in [0.2, 0.25) is 5.91 Å². The molecule has 2 saturated heterocycles. The Labute approximate surface area is 172 Å². The van der Waals surface area contributed by atoms with Crippen LogP contribution in [0.1, 0.15) is 41.9 Å². The van der Waals surface area contributed by atoms with Crippen LogP contribution < -0.4 is 5.32 Å². The van der Waals surface area contributed by atoms with Gasteiger partial charge in [-0.25, -0.2) is 9.97 Å². The maximum Gasteiger partial charge on any atom is 0.254 e. The van der Waals surface area contributed by atoms with Crippen LogP contribution in [0.4, 0.5) is 0 Å². The van der Waals surface area contributed by atoms with Crippen molar-refractivity contribution in [2.75, 3.05) is 45.9 Å². The molecule has 0 radical (unpaired) electrons. The molecule has 8 heteroatoms. The molecule has 1 N–H and O–H groups in total. The number of morpholine rings is 1. The number of aromatic nitrogens is 2. The van der Waals surface area contributed by atoms with Crippen molar-refractivity contribution in [2.24, 2.45) is 11.8 Å². The van der Waals surface area contributed by atoms with Gasteiger partial charge in [-0.3, -0.25) is 9.59 Å². The Morgan fingerprint density at radius 1 is 1.14 bits per heavy atom. The monoisotopic (exact) mass is 401 g/mol. The van der Waals surface area contributed by atoms with Crippen molar-refractivity contribution in [3.63, 3.8) is 0 Å². The first-order valence-corrected chi connectivity index (χ1v) is 10.8. The molecule has 1 atom stereocenters. The van der Waals surface area contributed by atoms with Crippen molar-refractivity contribution in [1.82, 2.24) is 25.1 Å². The van der Waals surface area contributed by atoms with Crippen LogP contribution in [-0.4, -0.2) is 83.6 Å². The second kappa shape index (κ2) is 9.17. The number of carbonyl (C=O) groups excluding carboxylic acids is 2. The van der Waals surface area contributed by atoms with Crippen molar-refractivity contribution >= 4 is 11.8 Å². The van der Waals surface area contributed by atoms with E-state index in [1.807, 2.05) is 4.90 Å². The van der Waals surface area contributed by atoms with Crippen molar-refractivity contribution in [1.29, 1.82) is 0 Å². The van der Waals surface area contributed by atoms with Crippen molar-refractivity contribution in [3.8, 4) is 0 Å². The van der Waals surface area contributed by atoms with Crippen LogP contribution in [0.25, 0.3) is 0 Å². The SMILES string of the molecule is Cc1ncc(C(=O)NCC2CN(CC3CCN(CC4CC4)CC3)C(=O)CO2)cn1. The highest BCUT2D eigenvalue weighted by atomic mass is 16.5. The van der Waals surface area contributed by atoms with Gasteiger partial charge in [-0.15, -0.1) is 0 Å². The predicted molar refractivity (Wildman–Crippen MR) is 107 cm³/mol. The number of likely N-dealkylation sites (tertiary alicyclic amines) is 1. The second-order valence-electron chi connectivity index (χ2n) is 8.65. The number of carbonyl (C=O) groups is 2. The molecule has 1 aliphatic carbocycles. The molecular formula is C21H31N5O3. The maximum absolute atomic E-state index is 12.3. The summed E-state index contributed by atoms with van der Waals surface area (Å²) in [5.41, 5.74) is 0.428. The van der Waals surface area contributed by atoms with Crippen LogP contribution >= 0.6 is 0 Å². The Bertz CT molecular complexity index is 714. The molecule has 8 nitrogen and oxygen atoms in total. The van der Waals surface area contributed by atoms with Crippen LogP contribution in [0, 0.1) is 18.8 Å². The fraction of sp³-hybridized carbons (Fsp3) is 0.714. The molecule has 1 aromatic rings. The van der Waals surface area contributed by atoms with Gasteiger partial charge < -0.3 is 19.9 Å². The van der Waals surface area contributed by atoms with Gasteiger partial charge in [-0.2, -0.15) is 0 Å². The average molecular weight is 402 g/mol. The molecule has 0 spiro atoms. The van der Waals surface area contributed by atoms with E-state index < -0.39 is 0 Å². The lowest BCUT2D eigenvalue weighted by atomic mass is 9.95. The number of amides is 2. The van der Waals surface area contributed by atoms with Gasteiger partial charge in [0.25, 0.3) is 5.91 Å². The Kier molecular flexibility index (Phi) is 6.40. The molecule has 1 unspecified atom stereocenters. The van der Waals surface area contributed by atoms with E-state index in [1.54, 1.807) is 6.92 Å². The summed E-state index contributed by atoms with van der Waals surface area (Å²) >= 11 is 0. The zero-order valence-corrected chi connectivity index (χ0v) is 17.2. The van der Waals surface area contributed by atoms with Gasteiger partial charge in [0.15, 0.2) is 0 Å². The summed E-state index contributed by atoms with van der Waals surface area (Å²) in [5.74, 6) is 1.96. The lowest BCUT2D eigenvalue weighted by Crippen LogP contribution is -2.52. The van der Waals surface area contributed by atoms with Crippen molar-refractivity contribution in [2.45, 2.75) is 38.7 Å². The number of hydrogen-bond acceptors (Lipinski definition) is 6. The fourth-order valence-electron chi connectivity index (χ4n) is 4.13. The van der Waals surface area contributed by atoms with Gasteiger partial charge in [0.1, 0.15) is 12.4 Å². The number of piperidine rings is 1. The Balaban J connectivity index is 1.21. The molecule has 3 aliphatic rings. The molecule has 0 bridgehead atoms. The average Bonchev–Trinajstić information content (AvgIpc) is 3.54. The number of ether oxygens (including phenoxy) is 1. The minimum atomic E-state index is -0.222. The molecule has 0 aromatic carbocycles. The standard InChI is InChI=1S/C21H31N5O3/c1-15-22-8-18(9-23-15)21(28)24-10-19-13-26(20(27)14-29-19)12-17-4-6-25(7-5-17)11-16-2-3-16/h8-9,16-17,19H,2-7,10-14H2,1H3,(H,24,28). The summed E-state index contributed by atoms with van der Waals surface area (Å²) in [6, 6.07) is 0. The molecule has 3 heterocycles. The van der Waals surface area contributed by atoms with E-state index in [2.05, 4.69) is 20.2 Å². The summed E-state index contributed by atoms with van der Waals surface area (Å²) < 4.78 is 5.64. The lowest BCUT2D eigenvalue weighted by Gasteiger charge is -2.38. The number of aryl methyl sites for hydroxylation is 1. The Morgan fingerprint density at radius 3 is 2.52 bits per heavy atom. The first-order chi connectivity index (χ1) is 14.1. The third kappa shape index (κ3) is 5.73. The predicted octanol–water partition coefficient (Wildman–Crippen LogP) is 0.864. The fourth-order valence-corrected chi connectivity index (χ4v) is 4.13. The number of nitrogens with zero attached hydrogens (tertiary/aromatic N) is 4. The van der Waals surface area contributed by atoms with Crippen LogP contribution in [0.5, 0.6) is 0 Å². The molecule has 158 valence electrons. The van der Waals surface area contributed by atoms with E-state index >= 15 is 0 Å². The number of hydrogen-bond donors (Lipinski definition) is 1. The van der Waals surface area contributed by atoms with E-state index in [0.29, 0.717) is 30.4 Å². The molecule has 2 aliphatic heterocycles. The minimum Gasteiger partial charge on any atom is -0.365 e. The summed E-state index contributed by atoms with van der Waals surface area (Å²) in [6.45, 7) is 7.14.